The van der Waals surface area contributed by atoms with E-state index in [1.807, 2.05) is 66.8 Å². The monoisotopic (exact) mass is 1040 g/mol. The minimum atomic E-state index is -4.41. The van der Waals surface area contributed by atoms with Crippen molar-refractivity contribution in [2.45, 2.75) is 33.9 Å². The highest BCUT2D eigenvalue weighted by Gasteiger charge is 2.22. The van der Waals surface area contributed by atoms with Crippen LogP contribution in [-0.4, -0.2) is 63.9 Å². The predicted molar refractivity (Wildman–Crippen MR) is 261 cm³/mol. The second-order valence-electron chi connectivity index (χ2n) is 14.2. The van der Waals surface area contributed by atoms with Crippen molar-refractivity contribution in [3.63, 3.8) is 0 Å². The number of carbonyl (C=O) groups is 1. The Labute approximate surface area is 401 Å². The van der Waals surface area contributed by atoms with Gasteiger partial charge in [-0.3, -0.25) is 18.5 Å². The van der Waals surface area contributed by atoms with Gasteiger partial charge in [-0.05, 0) is 125 Å². The van der Waals surface area contributed by atoms with Crippen LogP contribution in [-0.2, 0) is 50.5 Å². The Hall–Kier alpha value is -5.59. The van der Waals surface area contributed by atoms with Crippen LogP contribution in [0.15, 0.2) is 182 Å². The van der Waals surface area contributed by atoms with Crippen LogP contribution < -0.4 is 0 Å². The fraction of sp³-hybridized carbons (Fsp3) is 0.0870. The molecule has 0 saturated heterocycles. The zero-order valence-corrected chi connectivity index (χ0v) is 40.2. The van der Waals surface area contributed by atoms with Gasteiger partial charge in [0.2, 0.25) is 21.1 Å². The Kier molecular flexibility index (Phi) is 17.0. The first-order valence-electron chi connectivity index (χ1n) is 19.4. The first-order valence-corrected chi connectivity index (χ1v) is 27.4. The molecule has 7 rings (SSSR count). The third-order valence-electron chi connectivity index (χ3n) is 9.77. The largest absolute Gasteiger partial charge is 0.456 e. The van der Waals surface area contributed by atoms with Crippen LogP contribution >= 0.6 is 34.9 Å². The summed E-state index contributed by atoms with van der Waals surface area (Å²) in [6.07, 6.45) is 14.2. The molecule has 0 amide bonds. The number of ether oxygens (including phenoxy) is 1. The summed E-state index contributed by atoms with van der Waals surface area (Å²) in [5.41, 5.74) is 6.84. The molecule has 21 heteroatoms. The Morgan fingerprint density at radius 3 is 1.55 bits per heavy atom. The Balaban J connectivity index is 0.00000178. The number of thioether (sulfide) groups is 2. The smallest absolute Gasteiger partial charge is 0.425 e. The summed E-state index contributed by atoms with van der Waals surface area (Å²) in [5.74, 6) is 0.0861. The number of hydrogen-bond donors (Lipinski definition) is 3. The number of hydrogen-bond acceptors (Lipinski definition) is 13. The van der Waals surface area contributed by atoms with Crippen LogP contribution in [0.3, 0.4) is 0 Å². The maximum Gasteiger partial charge on any atom is 0.425 e. The van der Waals surface area contributed by atoms with Crippen molar-refractivity contribution in [2.75, 3.05) is 5.94 Å². The maximum absolute atomic E-state index is 11.8. The molecule has 67 heavy (non-hydrogen) atoms. The van der Waals surface area contributed by atoms with Gasteiger partial charge in [-0.25, -0.2) is 0 Å². The van der Waals surface area contributed by atoms with Gasteiger partial charge >= 0.3 is 10.6 Å². The molecule has 0 bridgehead atoms. The fourth-order valence-electron chi connectivity index (χ4n) is 6.70. The normalized spacial score (nSPS) is 15.0. The lowest BCUT2D eigenvalue weighted by Gasteiger charge is -2.21. The molecule has 1 aliphatic carbocycles. The number of benzene rings is 4. The van der Waals surface area contributed by atoms with E-state index < -0.39 is 41.0 Å². The minimum Gasteiger partial charge on any atom is -0.456 e. The lowest BCUT2D eigenvalue weighted by Crippen LogP contribution is -2.01. The lowest BCUT2D eigenvalue weighted by atomic mass is 9.93. The summed E-state index contributed by atoms with van der Waals surface area (Å²) in [6.45, 7) is 0.404. The Morgan fingerprint density at radius 2 is 1.09 bits per heavy atom. The number of carbonyl (C=O) groups excluding carboxylic acids is 1. The van der Waals surface area contributed by atoms with E-state index in [1.165, 1.54) is 59.9 Å². The van der Waals surface area contributed by atoms with Crippen LogP contribution in [0.1, 0.15) is 36.0 Å². The standard InChI is InChI=1S/C46H36O11S6.O3S/c47-29-57-30-58-46-37(11-9-31-25-42(33-5-2-1-3-6-33)59-43(26-31)34-13-19-39(20-14-34)61(48,49)50)7-4-8-38(46)12-10-32-27-44(35-15-21-40(22-16-35)62(51,52)53)60-45(28-32)36-17-23-41(24-18-36)63(54,55)56;1-4(2)3/h1-3,5-6,9-29H,4,7-8,30H2,(H2-,48,49,50,51,52,53,54,55,56);/p+1. The first kappa shape index (κ1) is 50.8. The second-order valence-corrected chi connectivity index (χ2v) is 22.0. The van der Waals surface area contributed by atoms with E-state index in [1.54, 1.807) is 47.7 Å². The van der Waals surface area contributed by atoms with Crippen molar-refractivity contribution >= 4 is 98.2 Å². The van der Waals surface area contributed by atoms with Gasteiger partial charge in [0, 0.05) is 38.0 Å². The molecule has 0 atom stereocenters. The zero-order valence-electron chi connectivity index (χ0n) is 34.5. The molecular weight excluding hydrogens is 1000 g/mol. The molecule has 2 aliphatic rings. The maximum atomic E-state index is 11.8. The van der Waals surface area contributed by atoms with Crippen LogP contribution in [0.5, 0.6) is 0 Å². The molecule has 14 nitrogen and oxygen atoms in total. The van der Waals surface area contributed by atoms with Crippen molar-refractivity contribution in [1.29, 1.82) is 0 Å². The molecule has 0 radical (unpaired) electrons. The minimum absolute atomic E-state index is 0.0861. The second kappa shape index (κ2) is 22.5. The van der Waals surface area contributed by atoms with E-state index in [2.05, 4.69) is 12.1 Å². The lowest BCUT2D eigenvalue weighted by molar-refractivity contribution is -0.126. The van der Waals surface area contributed by atoms with Crippen LogP contribution in [0.25, 0.3) is 36.8 Å². The molecule has 4 aromatic carbocycles. The fourth-order valence-corrected chi connectivity index (χ4v) is 11.4. The molecule has 3 N–H and O–H groups in total. The van der Waals surface area contributed by atoms with Crippen molar-refractivity contribution < 1.29 is 61.1 Å². The summed E-state index contributed by atoms with van der Waals surface area (Å²) in [5, 5.41) is 0. The summed E-state index contributed by atoms with van der Waals surface area (Å²) in [7, 11) is -16.3. The molecule has 1 aromatic heterocycles. The summed E-state index contributed by atoms with van der Waals surface area (Å²) < 4.78 is 130. The van der Waals surface area contributed by atoms with Gasteiger partial charge in [0.1, 0.15) is 5.94 Å². The molecule has 0 saturated carbocycles. The van der Waals surface area contributed by atoms with Crippen LogP contribution in [0.4, 0.5) is 0 Å². The van der Waals surface area contributed by atoms with E-state index in [9.17, 15) is 43.7 Å². The van der Waals surface area contributed by atoms with Gasteiger partial charge in [-0.2, -0.15) is 25.3 Å². The molecule has 2 heterocycles. The highest BCUT2D eigenvalue weighted by molar-refractivity contribution is 8.16. The van der Waals surface area contributed by atoms with Gasteiger partial charge in [0.25, 0.3) is 36.8 Å². The van der Waals surface area contributed by atoms with E-state index in [0.717, 1.165) is 77.1 Å². The van der Waals surface area contributed by atoms with E-state index in [-0.39, 0.29) is 20.6 Å². The van der Waals surface area contributed by atoms with Gasteiger partial charge in [-0.15, -0.1) is 12.6 Å². The van der Waals surface area contributed by atoms with Gasteiger partial charge in [0.05, 0.1) is 14.7 Å². The summed E-state index contributed by atoms with van der Waals surface area (Å²) in [6, 6.07) is 31.7. The highest BCUT2D eigenvalue weighted by Crippen LogP contribution is 2.45. The molecule has 346 valence electrons. The van der Waals surface area contributed by atoms with Crippen molar-refractivity contribution in [1.82, 2.24) is 0 Å². The summed E-state index contributed by atoms with van der Waals surface area (Å²) in [4.78, 5) is 14.8. The quantitative estimate of drug-likeness (QED) is 0.0308. The zero-order chi connectivity index (χ0) is 48.4. The van der Waals surface area contributed by atoms with E-state index in [4.69, 9.17) is 17.4 Å². The van der Waals surface area contributed by atoms with Gasteiger partial charge in [-0.1, -0.05) is 90.3 Å². The van der Waals surface area contributed by atoms with Gasteiger partial charge < -0.3 is 4.74 Å². The van der Waals surface area contributed by atoms with Crippen molar-refractivity contribution in [2.24, 2.45) is 0 Å². The Bertz CT molecular complexity index is 3220. The average Bonchev–Trinajstić information content (AvgIpc) is 3.30. The molecule has 0 spiro atoms. The third kappa shape index (κ3) is 14.5. The molecular formula is C46H37O14S7+. The van der Waals surface area contributed by atoms with Crippen molar-refractivity contribution in [3.8, 4) is 20.9 Å². The number of rotatable bonds is 14. The predicted octanol–water partition coefficient (Wildman–Crippen LogP) is 10.1. The van der Waals surface area contributed by atoms with Crippen molar-refractivity contribution in [3.05, 3.63) is 184 Å². The topological polar surface area (TPSA) is 241 Å². The molecule has 0 fully saturated rings. The molecule has 1 aliphatic heterocycles. The summed E-state index contributed by atoms with van der Waals surface area (Å²) >= 11 is 4.33. The van der Waals surface area contributed by atoms with E-state index >= 15 is 0 Å². The first-order chi connectivity index (χ1) is 31.8. The van der Waals surface area contributed by atoms with Gasteiger partial charge in [0.15, 0.2) is 0 Å². The number of allylic oxidation sites excluding steroid dienone is 8. The van der Waals surface area contributed by atoms with Crippen LogP contribution in [0, 0.1) is 0 Å². The highest BCUT2D eigenvalue weighted by atomic mass is 32.2. The third-order valence-corrected chi connectivity index (χ3v) is 15.7. The van der Waals surface area contributed by atoms with E-state index in [0.29, 0.717) is 17.6 Å². The molecule has 5 aromatic rings. The average molecular weight is 1040 g/mol. The molecule has 0 unspecified atom stereocenters. The Morgan fingerprint density at radius 1 is 0.627 bits per heavy atom. The SMILES string of the molecule is O=COCSC1=C(/C=C/c2cc(-c3ccccc3)[s+]c(-c3ccc(S(=O)(=O)O)cc3)c2)CCC/C1=C\C=C1C=C(c2ccc(S(=O)(=O)O)cc2)SC(c2ccc(S(=O)(=O)O)cc2)=C1.O=S(=O)=O. The van der Waals surface area contributed by atoms with Crippen LogP contribution in [0.2, 0.25) is 0 Å².